The molecule has 3 rings (SSSR count). The predicted molar refractivity (Wildman–Crippen MR) is 74.9 cm³/mol. The summed E-state index contributed by atoms with van der Waals surface area (Å²) in [4.78, 5) is 8.80. The molecule has 0 amide bonds. The van der Waals surface area contributed by atoms with Gasteiger partial charge in [0.15, 0.2) is 0 Å². The van der Waals surface area contributed by atoms with Gasteiger partial charge in [-0.3, -0.25) is 4.98 Å². The van der Waals surface area contributed by atoms with Gasteiger partial charge in [0.05, 0.1) is 36.8 Å². The van der Waals surface area contributed by atoms with Crippen molar-refractivity contribution >= 4 is 21.9 Å². The summed E-state index contributed by atoms with van der Waals surface area (Å²) in [7, 11) is 0. The van der Waals surface area contributed by atoms with Crippen LogP contribution in [0.2, 0.25) is 0 Å². The van der Waals surface area contributed by atoms with Crippen molar-refractivity contribution in [3.8, 4) is 0 Å². The van der Waals surface area contributed by atoms with Crippen LogP contribution in [0, 0.1) is 0 Å². The summed E-state index contributed by atoms with van der Waals surface area (Å²) >= 11 is 0. The number of nitrogens with zero attached hydrogens (tertiary/aromatic N) is 3. The van der Waals surface area contributed by atoms with Crippen LogP contribution in [-0.4, -0.2) is 34.3 Å². The van der Waals surface area contributed by atoms with Crippen LogP contribution in [0.15, 0.2) is 36.8 Å². The predicted octanol–water partition coefficient (Wildman–Crippen LogP) is 1.56. The SMILES string of the molecule is NCCOCCn1cnc2cnc3ccccc3c21. The molecule has 0 aliphatic carbocycles. The van der Waals surface area contributed by atoms with Crippen LogP contribution in [0.3, 0.4) is 0 Å². The van der Waals surface area contributed by atoms with E-state index in [1.54, 1.807) is 0 Å². The van der Waals surface area contributed by atoms with Gasteiger partial charge < -0.3 is 15.0 Å². The zero-order chi connectivity index (χ0) is 13.1. The van der Waals surface area contributed by atoms with Crippen LogP contribution >= 0.6 is 0 Å². The van der Waals surface area contributed by atoms with Crippen molar-refractivity contribution in [3.05, 3.63) is 36.8 Å². The molecule has 0 saturated heterocycles. The van der Waals surface area contributed by atoms with Crippen molar-refractivity contribution in [2.75, 3.05) is 19.8 Å². The Kier molecular flexibility index (Phi) is 3.39. The largest absolute Gasteiger partial charge is 0.378 e. The van der Waals surface area contributed by atoms with E-state index in [9.17, 15) is 0 Å². The number of aromatic nitrogens is 3. The highest BCUT2D eigenvalue weighted by Crippen LogP contribution is 2.22. The first-order chi connectivity index (χ1) is 9.40. The summed E-state index contributed by atoms with van der Waals surface area (Å²) in [5.74, 6) is 0. The van der Waals surface area contributed by atoms with Crippen LogP contribution in [0.1, 0.15) is 0 Å². The van der Waals surface area contributed by atoms with Gasteiger partial charge in [0.2, 0.25) is 0 Å². The third-order valence-corrected chi connectivity index (χ3v) is 3.09. The molecule has 0 atom stereocenters. The van der Waals surface area contributed by atoms with Gasteiger partial charge in [-0.2, -0.15) is 0 Å². The lowest BCUT2D eigenvalue weighted by Crippen LogP contribution is -2.12. The highest BCUT2D eigenvalue weighted by molar-refractivity contribution is 6.01. The first-order valence-corrected chi connectivity index (χ1v) is 6.36. The van der Waals surface area contributed by atoms with Crippen LogP contribution in [0.4, 0.5) is 0 Å². The minimum absolute atomic E-state index is 0.553. The third-order valence-electron chi connectivity index (χ3n) is 3.09. The number of hydrogen-bond donors (Lipinski definition) is 1. The second-order valence-electron chi connectivity index (χ2n) is 4.35. The van der Waals surface area contributed by atoms with Gasteiger partial charge in [-0.05, 0) is 6.07 Å². The van der Waals surface area contributed by atoms with Crippen molar-refractivity contribution in [2.45, 2.75) is 6.54 Å². The number of ether oxygens (including phenoxy) is 1. The van der Waals surface area contributed by atoms with E-state index < -0.39 is 0 Å². The van der Waals surface area contributed by atoms with Crippen molar-refractivity contribution in [2.24, 2.45) is 5.73 Å². The van der Waals surface area contributed by atoms with E-state index in [0.717, 1.165) is 28.5 Å². The summed E-state index contributed by atoms with van der Waals surface area (Å²) in [6, 6.07) is 8.10. The van der Waals surface area contributed by atoms with E-state index in [-0.39, 0.29) is 0 Å². The van der Waals surface area contributed by atoms with Gasteiger partial charge in [0.25, 0.3) is 0 Å². The summed E-state index contributed by atoms with van der Waals surface area (Å²) in [5.41, 5.74) is 8.41. The minimum atomic E-state index is 0.553. The average molecular weight is 256 g/mol. The highest BCUT2D eigenvalue weighted by Gasteiger charge is 2.07. The fraction of sp³-hybridized carbons (Fsp3) is 0.286. The monoisotopic (exact) mass is 256 g/mol. The van der Waals surface area contributed by atoms with Crippen molar-refractivity contribution in [1.82, 2.24) is 14.5 Å². The van der Waals surface area contributed by atoms with Gasteiger partial charge in [-0.15, -0.1) is 0 Å². The van der Waals surface area contributed by atoms with Gasteiger partial charge in [0, 0.05) is 18.5 Å². The Balaban J connectivity index is 1.98. The van der Waals surface area contributed by atoms with E-state index in [0.29, 0.717) is 19.8 Å². The summed E-state index contributed by atoms with van der Waals surface area (Å²) < 4.78 is 7.53. The first kappa shape index (κ1) is 12.1. The van der Waals surface area contributed by atoms with Crippen molar-refractivity contribution < 1.29 is 4.74 Å². The minimum Gasteiger partial charge on any atom is -0.378 e. The van der Waals surface area contributed by atoms with Crippen molar-refractivity contribution in [3.63, 3.8) is 0 Å². The molecule has 2 heterocycles. The number of fused-ring (bicyclic) bond motifs is 3. The third kappa shape index (κ3) is 2.30. The first-order valence-electron chi connectivity index (χ1n) is 6.36. The molecule has 1 aromatic carbocycles. The fourth-order valence-corrected chi connectivity index (χ4v) is 2.22. The second kappa shape index (κ2) is 5.34. The number of pyridine rings is 1. The van der Waals surface area contributed by atoms with E-state index >= 15 is 0 Å². The number of rotatable bonds is 5. The molecule has 0 saturated carbocycles. The molecule has 0 radical (unpaired) electrons. The summed E-state index contributed by atoms with van der Waals surface area (Å²) in [5, 5.41) is 1.12. The van der Waals surface area contributed by atoms with E-state index in [1.165, 1.54) is 0 Å². The molecular weight excluding hydrogens is 240 g/mol. The molecule has 5 heteroatoms. The average Bonchev–Trinajstić information content (AvgIpc) is 2.87. The fourth-order valence-electron chi connectivity index (χ4n) is 2.22. The molecule has 0 aliphatic heterocycles. The maximum atomic E-state index is 5.43. The molecule has 3 aromatic rings. The molecule has 0 unspecified atom stereocenters. The standard InChI is InChI=1S/C14H16N4O/c15-5-7-19-8-6-18-10-17-13-9-16-12-4-2-1-3-11(12)14(13)18/h1-4,9-10H,5-8,15H2. The number of benzene rings is 1. The lowest BCUT2D eigenvalue weighted by atomic mass is 10.2. The highest BCUT2D eigenvalue weighted by atomic mass is 16.5. The normalized spacial score (nSPS) is 11.4. The van der Waals surface area contributed by atoms with Gasteiger partial charge in [0.1, 0.15) is 5.52 Å². The van der Waals surface area contributed by atoms with Gasteiger partial charge in [-0.25, -0.2) is 4.98 Å². The molecule has 19 heavy (non-hydrogen) atoms. The topological polar surface area (TPSA) is 66.0 Å². The smallest absolute Gasteiger partial charge is 0.107 e. The Hall–Kier alpha value is -1.98. The van der Waals surface area contributed by atoms with E-state index in [2.05, 4.69) is 20.6 Å². The number of hydrogen-bond acceptors (Lipinski definition) is 4. The Bertz CT molecular complexity index is 692. The summed E-state index contributed by atoms with van der Waals surface area (Å²) in [6.07, 6.45) is 3.65. The second-order valence-corrected chi connectivity index (χ2v) is 4.35. The summed E-state index contributed by atoms with van der Waals surface area (Å²) in [6.45, 7) is 2.55. The van der Waals surface area contributed by atoms with Crippen LogP contribution in [0.5, 0.6) is 0 Å². The molecule has 0 bridgehead atoms. The van der Waals surface area contributed by atoms with Gasteiger partial charge in [-0.1, -0.05) is 18.2 Å². The lowest BCUT2D eigenvalue weighted by molar-refractivity contribution is 0.134. The number of nitrogens with two attached hydrogens (primary N) is 1. The number of para-hydroxylation sites is 1. The molecule has 2 aromatic heterocycles. The molecule has 0 spiro atoms. The number of imidazole rings is 1. The zero-order valence-electron chi connectivity index (χ0n) is 10.6. The van der Waals surface area contributed by atoms with Crippen LogP contribution in [0.25, 0.3) is 21.9 Å². The molecule has 2 N–H and O–H groups in total. The maximum absolute atomic E-state index is 5.43. The Morgan fingerprint density at radius 2 is 2.00 bits per heavy atom. The zero-order valence-corrected chi connectivity index (χ0v) is 10.6. The molecular formula is C14H16N4O. The van der Waals surface area contributed by atoms with E-state index in [1.807, 2.05) is 30.7 Å². The molecule has 0 fully saturated rings. The molecule has 5 nitrogen and oxygen atoms in total. The Morgan fingerprint density at radius 3 is 2.89 bits per heavy atom. The van der Waals surface area contributed by atoms with Gasteiger partial charge >= 0.3 is 0 Å². The van der Waals surface area contributed by atoms with Crippen LogP contribution < -0.4 is 5.73 Å². The quantitative estimate of drug-likeness (QED) is 0.703. The Morgan fingerprint density at radius 1 is 1.11 bits per heavy atom. The Labute approximate surface area is 111 Å². The molecule has 98 valence electrons. The van der Waals surface area contributed by atoms with E-state index in [4.69, 9.17) is 10.5 Å². The van der Waals surface area contributed by atoms with Crippen molar-refractivity contribution in [1.29, 1.82) is 0 Å². The lowest BCUT2D eigenvalue weighted by Gasteiger charge is -2.06. The van der Waals surface area contributed by atoms with Crippen LogP contribution in [-0.2, 0) is 11.3 Å². The molecule has 0 aliphatic rings. The maximum Gasteiger partial charge on any atom is 0.107 e.